The number of aromatic nitrogens is 3. The second kappa shape index (κ2) is 3.79. The Morgan fingerprint density at radius 2 is 1.33 bits per heavy atom. The third kappa shape index (κ3) is 1.32. The van der Waals surface area contributed by atoms with Crippen molar-refractivity contribution in [2.75, 3.05) is 0 Å². The third-order valence-electron chi connectivity index (χ3n) is 4.08. The van der Waals surface area contributed by atoms with E-state index in [0.717, 1.165) is 32.8 Å². The summed E-state index contributed by atoms with van der Waals surface area (Å²) in [5.41, 5.74) is 4.20. The minimum Gasteiger partial charge on any atom is -0.354 e. The van der Waals surface area contributed by atoms with Crippen LogP contribution in [0, 0.1) is 0 Å². The number of para-hydroxylation sites is 1. The molecule has 0 amide bonds. The molecule has 0 fully saturated rings. The van der Waals surface area contributed by atoms with Gasteiger partial charge < -0.3 is 4.98 Å². The van der Waals surface area contributed by atoms with Gasteiger partial charge in [-0.2, -0.15) is 0 Å². The zero-order valence-electron chi connectivity index (χ0n) is 11.2. The standard InChI is InChI=1S/C18H11N3/c1-2-8-14-11(5-1)15-12-6-3-9-19-17(12)18-13(16(15)21-14)7-4-10-20-18/h1-10,21H. The Hall–Kier alpha value is -2.94. The molecule has 0 saturated carbocycles. The predicted molar refractivity (Wildman–Crippen MR) is 86.4 cm³/mol. The van der Waals surface area contributed by atoms with Gasteiger partial charge in [-0.1, -0.05) is 24.3 Å². The largest absolute Gasteiger partial charge is 0.354 e. The van der Waals surface area contributed by atoms with E-state index in [9.17, 15) is 0 Å². The van der Waals surface area contributed by atoms with Crippen LogP contribution in [0.3, 0.4) is 0 Å². The van der Waals surface area contributed by atoms with Crippen molar-refractivity contribution >= 4 is 43.6 Å². The quantitative estimate of drug-likeness (QED) is 0.423. The van der Waals surface area contributed by atoms with Gasteiger partial charge in [-0.3, -0.25) is 9.97 Å². The number of aromatic amines is 1. The van der Waals surface area contributed by atoms with Crippen LogP contribution >= 0.6 is 0 Å². The summed E-state index contributed by atoms with van der Waals surface area (Å²) in [6, 6.07) is 16.6. The second-order valence-corrected chi connectivity index (χ2v) is 5.22. The lowest BCUT2D eigenvalue weighted by molar-refractivity contribution is 1.38. The number of pyridine rings is 2. The average molecular weight is 269 g/mol. The summed E-state index contributed by atoms with van der Waals surface area (Å²) in [6.45, 7) is 0. The van der Waals surface area contributed by atoms with E-state index < -0.39 is 0 Å². The van der Waals surface area contributed by atoms with Crippen molar-refractivity contribution in [1.29, 1.82) is 0 Å². The number of hydrogen-bond acceptors (Lipinski definition) is 2. The molecule has 5 aromatic rings. The average Bonchev–Trinajstić information content (AvgIpc) is 2.95. The Balaban J connectivity index is 2.25. The fourth-order valence-electron chi connectivity index (χ4n) is 3.22. The van der Waals surface area contributed by atoms with Crippen molar-refractivity contribution in [3.63, 3.8) is 0 Å². The van der Waals surface area contributed by atoms with Crippen LogP contribution in [0.5, 0.6) is 0 Å². The Labute approximate surface area is 120 Å². The molecule has 0 aliphatic carbocycles. The highest BCUT2D eigenvalue weighted by Gasteiger charge is 2.13. The van der Waals surface area contributed by atoms with Gasteiger partial charge in [0, 0.05) is 39.5 Å². The van der Waals surface area contributed by atoms with Crippen LogP contribution in [0.4, 0.5) is 0 Å². The summed E-state index contributed by atoms with van der Waals surface area (Å²) < 4.78 is 0. The van der Waals surface area contributed by atoms with Gasteiger partial charge in [0.25, 0.3) is 0 Å². The molecule has 2 aromatic carbocycles. The van der Waals surface area contributed by atoms with Gasteiger partial charge in [-0.15, -0.1) is 0 Å². The number of hydrogen-bond donors (Lipinski definition) is 1. The smallest absolute Gasteiger partial charge is 0.0985 e. The molecule has 3 aromatic heterocycles. The first-order valence-corrected chi connectivity index (χ1v) is 6.95. The summed E-state index contributed by atoms with van der Waals surface area (Å²) in [5, 5.41) is 4.73. The Morgan fingerprint density at radius 3 is 2.19 bits per heavy atom. The highest BCUT2D eigenvalue weighted by Crippen LogP contribution is 2.36. The van der Waals surface area contributed by atoms with E-state index in [-0.39, 0.29) is 0 Å². The van der Waals surface area contributed by atoms with E-state index in [0.29, 0.717) is 0 Å². The molecule has 0 saturated heterocycles. The Kier molecular flexibility index (Phi) is 1.95. The lowest BCUT2D eigenvalue weighted by Crippen LogP contribution is -1.86. The number of nitrogens with one attached hydrogen (secondary N) is 1. The van der Waals surface area contributed by atoms with Crippen LogP contribution in [-0.2, 0) is 0 Å². The normalized spacial score (nSPS) is 11.8. The van der Waals surface area contributed by atoms with E-state index in [1.807, 2.05) is 24.5 Å². The fourth-order valence-corrected chi connectivity index (χ4v) is 3.22. The van der Waals surface area contributed by atoms with E-state index >= 15 is 0 Å². The van der Waals surface area contributed by atoms with Gasteiger partial charge in [0.2, 0.25) is 0 Å². The Bertz CT molecular complexity index is 1140. The van der Waals surface area contributed by atoms with Crippen LogP contribution in [0.1, 0.15) is 0 Å². The number of nitrogens with zero attached hydrogens (tertiary/aromatic N) is 2. The highest BCUT2D eigenvalue weighted by atomic mass is 14.8. The van der Waals surface area contributed by atoms with Crippen LogP contribution in [0.2, 0.25) is 0 Å². The van der Waals surface area contributed by atoms with Crippen molar-refractivity contribution in [1.82, 2.24) is 15.0 Å². The lowest BCUT2D eigenvalue weighted by Gasteiger charge is -2.05. The summed E-state index contributed by atoms with van der Waals surface area (Å²) in [4.78, 5) is 12.7. The molecule has 0 bridgehead atoms. The first-order chi connectivity index (χ1) is 10.4. The molecule has 0 aliphatic heterocycles. The van der Waals surface area contributed by atoms with Gasteiger partial charge in [0.1, 0.15) is 0 Å². The van der Waals surface area contributed by atoms with Crippen molar-refractivity contribution in [3.05, 3.63) is 60.9 Å². The van der Waals surface area contributed by atoms with Gasteiger partial charge in [-0.05, 0) is 24.3 Å². The molecule has 5 rings (SSSR count). The van der Waals surface area contributed by atoms with E-state index in [1.165, 1.54) is 10.8 Å². The fraction of sp³-hybridized carbons (Fsp3) is 0. The molecule has 0 atom stereocenters. The molecular weight excluding hydrogens is 258 g/mol. The van der Waals surface area contributed by atoms with Crippen molar-refractivity contribution in [2.24, 2.45) is 0 Å². The van der Waals surface area contributed by atoms with Gasteiger partial charge in [-0.25, -0.2) is 0 Å². The summed E-state index contributed by atoms with van der Waals surface area (Å²) in [7, 11) is 0. The first kappa shape index (κ1) is 10.8. The number of fused-ring (bicyclic) bond motifs is 8. The molecule has 21 heavy (non-hydrogen) atoms. The summed E-state index contributed by atoms with van der Waals surface area (Å²) in [5.74, 6) is 0. The molecule has 0 aliphatic rings. The zero-order valence-corrected chi connectivity index (χ0v) is 11.2. The predicted octanol–water partition coefficient (Wildman–Crippen LogP) is 4.42. The SMILES string of the molecule is c1ccc2c(c1)[nH]c1c3cccnc3c3ncccc3c21. The van der Waals surface area contributed by atoms with Crippen LogP contribution in [0.15, 0.2) is 60.9 Å². The molecule has 0 spiro atoms. The number of rotatable bonds is 0. The molecule has 3 nitrogen and oxygen atoms in total. The number of benzene rings is 2. The maximum Gasteiger partial charge on any atom is 0.0985 e. The molecule has 3 heterocycles. The summed E-state index contributed by atoms with van der Waals surface area (Å²) in [6.07, 6.45) is 3.65. The lowest BCUT2D eigenvalue weighted by atomic mass is 10.0. The van der Waals surface area contributed by atoms with Crippen molar-refractivity contribution in [3.8, 4) is 0 Å². The van der Waals surface area contributed by atoms with E-state index in [1.54, 1.807) is 0 Å². The van der Waals surface area contributed by atoms with Crippen molar-refractivity contribution < 1.29 is 0 Å². The second-order valence-electron chi connectivity index (χ2n) is 5.22. The zero-order chi connectivity index (χ0) is 13.8. The monoisotopic (exact) mass is 269 g/mol. The molecular formula is C18H11N3. The highest BCUT2D eigenvalue weighted by molar-refractivity contribution is 6.29. The third-order valence-corrected chi connectivity index (χ3v) is 4.08. The van der Waals surface area contributed by atoms with E-state index in [2.05, 4.69) is 51.4 Å². The molecule has 3 heteroatoms. The number of H-pyrrole nitrogens is 1. The van der Waals surface area contributed by atoms with E-state index in [4.69, 9.17) is 0 Å². The van der Waals surface area contributed by atoms with Gasteiger partial charge in [0.05, 0.1) is 16.6 Å². The van der Waals surface area contributed by atoms with Crippen LogP contribution < -0.4 is 0 Å². The summed E-state index contributed by atoms with van der Waals surface area (Å²) >= 11 is 0. The van der Waals surface area contributed by atoms with Gasteiger partial charge in [0.15, 0.2) is 0 Å². The maximum absolute atomic E-state index is 4.57. The van der Waals surface area contributed by atoms with Crippen LogP contribution in [-0.4, -0.2) is 15.0 Å². The van der Waals surface area contributed by atoms with Crippen LogP contribution in [0.25, 0.3) is 43.6 Å². The molecule has 0 unspecified atom stereocenters. The van der Waals surface area contributed by atoms with Gasteiger partial charge >= 0.3 is 0 Å². The maximum atomic E-state index is 4.57. The first-order valence-electron chi connectivity index (χ1n) is 6.95. The molecule has 1 N–H and O–H groups in total. The minimum absolute atomic E-state index is 0.951. The minimum atomic E-state index is 0.951. The topological polar surface area (TPSA) is 41.6 Å². The van der Waals surface area contributed by atoms with Crippen molar-refractivity contribution in [2.45, 2.75) is 0 Å². The molecule has 0 radical (unpaired) electrons. The molecule has 98 valence electrons. The Morgan fingerprint density at radius 1 is 0.667 bits per heavy atom.